The lowest BCUT2D eigenvalue weighted by Gasteiger charge is -2.12. The van der Waals surface area contributed by atoms with Crippen LogP contribution < -0.4 is 4.74 Å². The van der Waals surface area contributed by atoms with Crippen molar-refractivity contribution in [2.75, 3.05) is 13.7 Å². The summed E-state index contributed by atoms with van der Waals surface area (Å²) in [5, 5.41) is 0.907. The summed E-state index contributed by atoms with van der Waals surface area (Å²) >= 11 is 11.9. The Labute approximate surface area is 117 Å². The van der Waals surface area contributed by atoms with Gasteiger partial charge in [0.1, 0.15) is 5.75 Å². The van der Waals surface area contributed by atoms with E-state index in [9.17, 15) is 4.79 Å². The third-order valence-corrected chi connectivity index (χ3v) is 3.11. The van der Waals surface area contributed by atoms with Crippen LogP contribution in [0, 0.1) is 0 Å². The van der Waals surface area contributed by atoms with Gasteiger partial charge in [0.25, 0.3) is 0 Å². The SMILES string of the molecule is CCCOc1cc(Cl)c(Cl)cc1CCC(=O)OC. The van der Waals surface area contributed by atoms with Crippen LogP contribution in [0.1, 0.15) is 25.3 Å². The summed E-state index contributed by atoms with van der Waals surface area (Å²) < 4.78 is 10.2. The Kier molecular flexibility index (Phi) is 6.30. The minimum Gasteiger partial charge on any atom is -0.493 e. The average molecular weight is 291 g/mol. The molecule has 0 aliphatic carbocycles. The number of esters is 1. The maximum atomic E-state index is 11.1. The third-order valence-electron chi connectivity index (χ3n) is 2.39. The zero-order valence-electron chi connectivity index (χ0n) is 10.5. The topological polar surface area (TPSA) is 35.5 Å². The Morgan fingerprint density at radius 3 is 2.56 bits per heavy atom. The zero-order valence-corrected chi connectivity index (χ0v) is 12.0. The van der Waals surface area contributed by atoms with E-state index in [-0.39, 0.29) is 12.4 Å². The summed E-state index contributed by atoms with van der Waals surface area (Å²) in [5.41, 5.74) is 0.864. The molecule has 18 heavy (non-hydrogen) atoms. The molecule has 0 heterocycles. The molecule has 1 aromatic carbocycles. The minimum absolute atomic E-state index is 0.262. The number of methoxy groups -OCH3 is 1. The molecule has 0 spiro atoms. The predicted octanol–water partition coefficient (Wildman–Crippen LogP) is 3.89. The minimum atomic E-state index is -0.262. The number of aryl methyl sites for hydroxylation is 1. The Bertz CT molecular complexity index is 419. The molecule has 0 aliphatic rings. The van der Waals surface area contributed by atoms with Crippen molar-refractivity contribution in [1.82, 2.24) is 0 Å². The molecule has 3 nitrogen and oxygen atoms in total. The van der Waals surface area contributed by atoms with Crippen LogP contribution in [0.5, 0.6) is 5.75 Å². The van der Waals surface area contributed by atoms with Crippen LogP contribution in [0.15, 0.2) is 12.1 Å². The van der Waals surface area contributed by atoms with Crippen molar-refractivity contribution in [1.29, 1.82) is 0 Å². The van der Waals surface area contributed by atoms with E-state index in [1.54, 1.807) is 12.1 Å². The van der Waals surface area contributed by atoms with E-state index in [0.29, 0.717) is 28.8 Å². The van der Waals surface area contributed by atoms with Gasteiger partial charge in [-0.15, -0.1) is 0 Å². The van der Waals surface area contributed by atoms with E-state index in [4.69, 9.17) is 27.9 Å². The summed E-state index contributed by atoms with van der Waals surface area (Å²) in [5.74, 6) is 0.415. The number of benzene rings is 1. The summed E-state index contributed by atoms with van der Waals surface area (Å²) in [7, 11) is 1.37. The molecule has 0 saturated carbocycles. The van der Waals surface area contributed by atoms with Gasteiger partial charge in [-0.3, -0.25) is 4.79 Å². The van der Waals surface area contributed by atoms with Crippen molar-refractivity contribution < 1.29 is 14.3 Å². The molecule has 0 saturated heterocycles. The van der Waals surface area contributed by atoms with Crippen molar-refractivity contribution in [2.24, 2.45) is 0 Å². The van der Waals surface area contributed by atoms with Crippen LogP contribution >= 0.6 is 23.2 Å². The fourth-order valence-corrected chi connectivity index (χ4v) is 1.79. The van der Waals surface area contributed by atoms with Crippen molar-refractivity contribution >= 4 is 29.2 Å². The standard InChI is InChI=1S/C13H16Cl2O3/c1-3-6-18-12-8-11(15)10(14)7-9(12)4-5-13(16)17-2/h7-8H,3-6H2,1-2H3. The number of hydrogen-bond donors (Lipinski definition) is 0. The smallest absolute Gasteiger partial charge is 0.305 e. The van der Waals surface area contributed by atoms with Gasteiger partial charge in [0.2, 0.25) is 0 Å². The number of ether oxygens (including phenoxy) is 2. The van der Waals surface area contributed by atoms with E-state index in [1.165, 1.54) is 7.11 Å². The van der Waals surface area contributed by atoms with Gasteiger partial charge in [0.15, 0.2) is 0 Å². The summed E-state index contributed by atoms with van der Waals surface area (Å²) in [4.78, 5) is 11.1. The number of halogens is 2. The Hall–Kier alpha value is -0.930. The summed E-state index contributed by atoms with van der Waals surface area (Å²) in [6.45, 7) is 2.62. The monoisotopic (exact) mass is 290 g/mol. The molecule has 0 fully saturated rings. The van der Waals surface area contributed by atoms with Crippen LogP contribution in [0.3, 0.4) is 0 Å². The van der Waals surface area contributed by atoms with E-state index in [0.717, 1.165) is 12.0 Å². The first-order valence-corrected chi connectivity index (χ1v) is 6.51. The quantitative estimate of drug-likeness (QED) is 0.746. The lowest BCUT2D eigenvalue weighted by atomic mass is 10.1. The van der Waals surface area contributed by atoms with E-state index in [2.05, 4.69) is 4.74 Å². The molecular weight excluding hydrogens is 275 g/mol. The molecule has 1 rings (SSSR count). The van der Waals surface area contributed by atoms with Gasteiger partial charge in [0, 0.05) is 12.5 Å². The number of carbonyl (C=O) groups is 1. The third kappa shape index (κ3) is 4.39. The second-order valence-corrected chi connectivity index (χ2v) is 4.61. The molecule has 0 aromatic heterocycles. The number of hydrogen-bond acceptors (Lipinski definition) is 3. The van der Waals surface area contributed by atoms with E-state index < -0.39 is 0 Å². The highest BCUT2D eigenvalue weighted by atomic mass is 35.5. The van der Waals surface area contributed by atoms with Crippen LogP contribution in [-0.4, -0.2) is 19.7 Å². The molecule has 100 valence electrons. The van der Waals surface area contributed by atoms with Crippen LogP contribution in [-0.2, 0) is 16.0 Å². The predicted molar refractivity (Wildman–Crippen MR) is 72.6 cm³/mol. The largest absolute Gasteiger partial charge is 0.493 e. The average Bonchev–Trinajstić information content (AvgIpc) is 2.37. The molecule has 0 amide bonds. The van der Waals surface area contributed by atoms with Crippen molar-refractivity contribution in [3.05, 3.63) is 27.7 Å². The maximum absolute atomic E-state index is 11.1. The highest BCUT2D eigenvalue weighted by molar-refractivity contribution is 6.42. The van der Waals surface area contributed by atoms with Crippen molar-refractivity contribution in [3.63, 3.8) is 0 Å². The maximum Gasteiger partial charge on any atom is 0.305 e. The Morgan fingerprint density at radius 2 is 1.94 bits per heavy atom. The molecular formula is C13H16Cl2O3. The molecule has 0 bridgehead atoms. The molecule has 0 atom stereocenters. The number of carbonyl (C=O) groups excluding carboxylic acids is 1. The first-order chi connectivity index (χ1) is 8.58. The van der Waals surface area contributed by atoms with Gasteiger partial charge < -0.3 is 9.47 Å². The Balaban J connectivity index is 2.85. The normalized spacial score (nSPS) is 10.2. The van der Waals surface area contributed by atoms with E-state index in [1.807, 2.05) is 6.92 Å². The van der Waals surface area contributed by atoms with Crippen LogP contribution in [0.4, 0.5) is 0 Å². The van der Waals surface area contributed by atoms with Gasteiger partial charge in [-0.25, -0.2) is 0 Å². The molecule has 0 radical (unpaired) electrons. The zero-order chi connectivity index (χ0) is 13.5. The molecule has 0 N–H and O–H groups in total. The molecule has 0 aliphatic heterocycles. The lowest BCUT2D eigenvalue weighted by molar-refractivity contribution is -0.140. The highest BCUT2D eigenvalue weighted by Crippen LogP contribution is 2.31. The van der Waals surface area contributed by atoms with Crippen molar-refractivity contribution in [2.45, 2.75) is 26.2 Å². The van der Waals surface area contributed by atoms with Crippen LogP contribution in [0.25, 0.3) is 0 Å². The van der Waals surface area contributed by atoms with Gasteiger partial charge in [0.05, 0.1) is 23.8 Å². The van der Waals surface area contributed by atoms with Crippen molar-refractivity contribution in [3.8, 4) is 5.75 Å². The highest BCUT2D eigenvalue weighted by Gasteiger charge is 2.11. The van der Waals surface area contributed by atoms with Crippen LogP contribution in [0.2, 0.25) is 10.0 Å². The summed E-state index contributed by atoms with van der Waals surface area (Å²) in [6, 6.07) is 3.42. The second kappa shape index (κ2) is 7.49. The molecule has 5 heteroatoms. The summed E-state index contributed by atoms with van der Waals surface area (Å²) in [6.07, 6.45) is 1.70. The van der Waals surface area contributed by atoms with Gasteiger partial charge >= 0.3 is 5.97 Å². The fourth-order valence-electron chi connectivity index (χ4n) is 1.45. The fraction of sp³-hybridized carbons (Fsp3) is 0.462. The first kappa shape index (κ1) is 15.1. The van der Waals surface area contributed by atoms with Gasteiger partial charge in [-0.05, 0) is 24.5 Å². The molecule has 1 aromatic rings. The first-order valence-electron chi connectivity index (χ1n) is 5.76. The van der Waals surface area contributed by atoms with Gasteiger partial charge in [-0.1, -0.05) is 30.1 Å². The second-order valence-electron chi connectivity index (χ2n) is 3.80. The number of rotatable bonds is 6. The lowest BCUT2D eigenvalue weighted by Crippen LogP contribution is -2.04. The van der Waals surface area contributed by atoms with E-state index >= 15 is 0 Å². The molecule has 0 unspecified atom stereocenters. The Morgan fingerprint density at radius 1 is 1.28 bits per heavy atom. The van der Waals surface area contributed by atoms with Gasteiger partial charge in [-0.2, -0.15) is 0 Å².